The Labute approximate surface area is 83.8 Å². The first-order valence-corrected chi connectivity index (χ1v) is 5.42. The number of rotatable bonds is 2. The van der Waals surface area contributed by atoms with E-state index in [2.05, 4.69) is 0 Å². The zero-order valence-corrected chi connectivity index (χ0v) is 8.49. The van der Waals surface area contributed by atoms with Gasteiger partial charge in [-0.3, -0.25) is 9.59 Å². The van der Waals surface area contributed by atoms with Gasteiger partial charge in [-0.1, -0.05) is 0 Å². The average Bonchev–Trinajstić information content (AvgIpc) is 2.42. The molecule has 2 rings (SSSR count). The first kappa shape index (κ1) is 9.69. The molecule has 2 aliphatic rings. The lowest BCUT2D eigenvalue weighted by atomic mass is 9.80. The van der Waals surface area contributed by atoms with Crippen LogP contribution in [0.15, 0.2) is 0 Å². The lowest BCUT2D eigenvalue weighted by Gasteiger charge is -2.24. The van der Waals surface area contributed by atoms with Gasteiger partial charge in [0.1, 0.15) is 5.78 Å². The second-order valence-electron chi connectivity index (χ2n) is 4.29. The molecule has 2 bridgehead atoms. The highest BCUT2D eigenvalue weighted by Crippen LogP contribution is 2.42. The summed E-state index contributed by atoms with van der Waals surface area (Å²) in [7, 11) is 0. The molecule has 0 radical (unpaired) electrons. The van der Waals surface area contributed by atoms with Crippen LogP contribution in [0, 0.1) is 17.8 Å². The number of Topliss-reactive ketones (excluding diaryl/α,β-unsaturated/α-hetero) is 1. The third kappa shape index (κ3) is 1.56. The number of carbonyl (C=O) groups excluding carboxylic acids is 2. The Morgan fingerprint density at radius 2 is 1.93 bits per heavy atom. The van der Waals surface area contributed by atoms with Crippen LogP contribution >= 0.6 is 0 Å². The van der Waals surface area contributed by atoms with Crippen LogP contribution in [-0.4, -0.2) is 18.4 Å². The van der Waals surface area contributed by atoms with Crippen molar-refractivity contribution in [2.24, 2.45) is 17.8 Å². The summed E-state index contributed by atoms with van der Waals surface area (Å²) in [6.45, 7) is 2.26. The highest BCUT2D eigenvalue weighted by Gasteiger charge is 2.43. The Kier molecular flexibility index (Phi) is 2.57. The fourth-order valence-electron chi connectivity index (χ4n) is 2.72. The summed E-state index contributed by atoms with van der Waals surface area (Å²) in [4.78, 5) is 23.1. The van der Waals surface area contributed by atoms with Crippen molar-refractivity contribution in [3.8, 4) is 0 Å². The molecule has 0 unspecified atom stereocenters. The van der Waals surface area contributed by atoms with Crippen LogP contribution in [0.25, 0.3) is 0 Å². The van der Waals surface area contributed by atoms with Crippen LogP contribution in [-0.2, 0) is 14.3 Å². The molecule has 0 aromatic rings. The molecule has 0 N–H and O–H groups in total. The third-order valence-electron chi connectivity index (χ3n) is 3.43. The first-order valence-electron chi connectivity index (χ1n) is 5.42. The molecule has 3 nitrogen and oxygen atoms in total. The number of ketones is 1. The van der Waals surface area contributed by atoms with Crippen LogP contribution in [0.2, 0.25) is 0 Å². The van der Waals surface area contributed by atoms with Crippen LogP contribution in [0.1, 0.15) is 32.6 Å². The summed E-state index contributed by atoms with van der Waals surface area (Å²) in [5, 5.41) is 0. The quantitative estimate of drug-likeness (QED) is 0.629. The summed E-state index contributed by atoms with van der Waals surface area (Å²) in [6.07, 6.45) is 3.43. The van der Waals surface area contributed by atoms with Gasteiger partial charge in [0, 0.05) is 11.8 Å². The summed E-state index contributed by atoms with van der Waals surface area (Å²) < 4.78 is 4.99. The molecule has 0 heterocycles. The molecule has 2 aliphatic carbocycles. The van der Waals surface area contributed by atoms with E-state index in [0.717, 1.165) is 25.7 Å². The largest absolute Gasteiger partial charge is 0.466 e. The van der Waals surface area contributed by atoms with E-state index in [1.54, 1.807) is 0 Å². The Balaban J connectivity index is 1.99. The van der Waals surface area contributed by atoms with Gasteiger partial charge in [-0.25, -0.2) is 0 Å². The van der Waals surface area contributed by atoms with Crippen molar-refractivity contribution in [2.45, 2.75) is 32.6 Å². The van der Waals surface area contributed by atoms with E-state index in [9.17, 15) is 9.59 Å². The van der Waals surface area contributed by atoms with Crippen LogP contribution in [0.5, 0.6) is 0 Å². The average molecular weight is 196 g/mol. The first-order chi connectivity index (χ1) is 6.72. The lowest BCUT2D eigenvalue weighted by Crippen LogP contribution is -2.31. The fraction of sp³-hybridized carbons (Fsp3) is 0.818. The van der Waals surface area contributed by atoms with Crippen LogP contribution < -0.4 is 0 Å². The van der Waals surface area contributed by atoms with E-state index in [4.69, 9.17) is 4.74 Å². The number of fused-ring (bicyclic) bond motifs is 2. The molecule has 0 aromatic heterocycles. The van der Waals surface area contributed by atoms with Crippen LogP contribution in [0.4, 0.5) is 0 Å². The van der Waals surface area contributed by atoms with Gasteiger partial charge in [0.05, 0.1) is 12.5 Å². The monoisotopic (exact) mass is 196 g/mol. The highest BCUT2D eigenvalue weighted by molar-refractivity contribution is 5.88. The molecule has 14 heavy (non-hydrogen) atoms. The van der Waals surface area contributed by atoms with Crippen molar-refractivity contribution in [3.63, 3.8) is 0 Å². The van der Waals surface area contributed by atoms with Crippen molar-refractivity contribution < 1.29 is 14.3 Å². The Bertz CT molecular complexity index is 243. The van der Waals surface area contributed by atoms with E-state index in [1.165, 1.54) is 0 Å². The molecule has 0 aromatic carbocycles. The minimum atomic E-state index is -0.100. The van der Waals surface area contributed by atoms with Crippen molar-refractivity contribution in [2.75, 3.05) is 6.61 Å². The second kappa shape index (κ2) is 3.71. The van der Waals surface area contributed by atoms with E-state index < -0.39 is 0 Å². The van der Waals surface area contributed by atoms with Gasteiger partial charge in [-0.05, 0) is 32.6 Å². The molecule has 3 heteroatoms. The molecular formula is C11H16O3. The van der Waals surface area contributed by atoms with E-state index in [-0.39, 0.29) is 23.7 Å². The topological polar surface area (TPSA) is 43.4 Å². The summed E-state index contributed by atoms with van der Waals surface area (Å²) in [6, 6.07) is 0. The van der Waals surface area contributed by atoms with Gasteiger partial charge >= 0.3 is 5.97 Å². The minimum absolute atomic E-state index is 0.00912. The summed E-state index contributed by atoms with van der Waals surface area (Å²) >= 11 is 0. The van der Waals surface area contributed by atoms with Gasteiger partial charge in [0.2, 0.25) is 0 Å². The van der Waals surface area contributed by atoms with Gasteiger partial charge in [0.15, 0.2) is 0 Å². The van der Waals surface area contributed by atoms with Gasteiger partial charge in [0.25, 0.3) is 0 Å². The Morgan fingerprint density at radius 1 is 1.36 bits per heavy atom. The number of carbonyl (C=O) groups is 2. The third-order valence-corrected chi connectivity index (χ3v) is 3.43. The Morgan fingerprint density at radius 3 is 2.43 bits per heavy atom. The zero-order valence-electron chi connectivity index (χ0n) is 8.49. The lowest BCUT2D eigenvalue weighted by molar-refractivity contribution is -0.150. The molecular weight excluding hydrogens is 180 g/mol. The van der Waals surface area contributed by atoms with Gasteiger partial charge < -0.3 is 4.74 Å². The molecule has 0 spiro atoms. The van der Waals surface area contributed by atoms with Gasteiger partial charge in [-0.2, -0.15) is 0 Å². The maximum Gasteiger partial charge on any atom is 0.308 e. The maximum atomic E-state index is 11.6. The number of ether oxygens (including phenoxy) is 1. The summed E-state index contributed by atoms with van der Waals surface area (Å²) in [5.74, 6) is 0.596. The van der Waals surface area contributed by atoms with Crippen molar-refractivity contribution in [1.29, 1.82) is 0 Å². The van der Waals surface area contributed by atoms with Crippen molar-refractivity contribution in [3.05, 3.63) is 0 Å². The molecule has 0 aliphatic heterocycles. The normalized spacial score (nSPS) is 35.8. The summed E-state index contributed by atoms with van der Waals surface area (Å²) in [5.41, 5.74) is 0. The minimum Gasteiger partial charge on any atom is -0.466 e. The Hall–Kier alpha value is -0.860. The predicted molar refractivity (Wildman–Crippen MR) is 50.6 cm³/mol. The number of hydrogen-bond acceptors (Lipinski definition) is 3. The zero-order chi connectivity index (χ0) is 10.1. The van der Waals surface area contributed by atoms with Crippen LogP contribution in [0.3, 0.4) is 0 Å². The molecule has 0 saturated heterocycles. The molecule has 2 saturated carbocycles. The molecule has 0 amide bonds. The highest BCUT2D eigenvalue weighted by atomic mass is 16.5. The SMILES string of the molecule is CCOC(=O)[C@H]1C[C@H]2CC[C@@H](C1)C2=O. The fourth-order valence-corrected chi connectivity index (χ4v) is 2.72. The van der Waals surface area contributed by atoms with E-state index in [1.807, 2.05) is 6.92 Å². The smallest absolute Gasteiger partial charge is 0.308 e. The van der Waals surface area contributed by atoms with E-state index >= 15 is 0 Å². The molecule has 2 fully saturated rings. The molecule has 3 atom stereocenters. The van der Waals surface area contributed by atoms with Crippen molar-refractivity contribution >= 4 is 11.8 Å². The number of hydrogen-bond donors (Lipinski definition) is 0. The van der Waals surface area contributed by atoms with E-state index in [0.29, 0.717) is 12.4 Å². The van der Waals surface area contributed by atoms with Crippen molar-refractivity contribution in [1.82, 2.24) is 0 Å². The molecule has 78 valence electrons. The predicted octanol–water partition coefficient (Wildman–Crippen LogP) is 1.55. The maximum absolute atomic E-state index is 11.6. The van der Waals surface area contributed by atoms with Gasteiger partial charge in [-0.15, -0.1) is 0 Å². The standard InChI is InChI=1S/C11H16O3/c1-2-14-11(13)9-5-7-3-4-8(6-9)10(7)12/h7-9H,2-6H2,1H3/t7-,8+,9+. The second-order valence-corrected chi connectivity index (χ2v) is 4.29. The number of esters is 1.